The van der Waals surface area contributed by atoms with Crippen molar-refractivity contribution in [3.05, 3.63) is 22.0 Å². The van der Waals surface area contributed by atoms with E-state index in [1.54, 1.807) is 7.11 Å². The highest BCUT2D eigenvalue weighted by Crippen LogP contribution is 2.28. The predicted octanol–water partition coefficient (Wildman–Crippen LogP) is 2.93. The number of hydrogen-bond donors (Lipinski definition) is 1. The Morgan fingerprint density at radius 3 is 3.05 bits per heavy atom. The van der Waals surface area contributed by atoms with E-state index in [2.05, 4.69) is 16.0 Å². The number of aryl methyl sites for hydroxylation is 1. The fourth-order valence-corrected chi connectivity index (χ4v) is 3.00. The maximum absolute atomic E-state index is 9.34. The van der Waals surface area contributed by atoms with Crippen molar-refractivity contribution < 1.29 is 4.74 Å². The second-order valence-electron chi connectivity index (χ2n) is 4.95. The van der Waals surface area contributed by atoms with E-state index in [4.69, 9.17) is 17.0 Å². The minimum absolute atomic E-state index is 0.335. The van der Waals surface area contributed by atoms with Gasteiger partial charge >= 0.3 is 0 Å². The molecule has 1 saturated heterocycles. The molecule has 1 N–H and O–H groups in total. The summed E-state index contributed by atoms with van der Waals surface area (Å²) < 4.78 is 5.84. The number of methoxy groups -OCH3 is 1. The third-order valence-electron chi connectivity index (χ3n) is 3.55. The molecule has 2 heterocycles. The van der Waals surface area contributed by atoms with Gasteiger partial charge in [0, 0.05) is 19.3 Å². The molecule has 102 valence electrons. The molecule has 5 heteroatoms. The molecule has 0 aliphatic carbocycles. The second kappa shape index (κ2) is 6.18. The first-order valence-corrected chi connectivity index (χ1v) is 6.97. The molecule has 0 bridgehead atoms. The molecule has 1 unspecified atom stereocenters. The summed E-state index contributed by atoms with van der Waals surface area (Å²) in [5.74, 6) is 0. The van der Waals surface area contributed by atoms with Crippen LogP contribution in [0.2, 0.25) is 0 Å². The maximum Gasteiger partial charge on any atom is 0.123 e. The number of nitrogens with zero attached hydrogens (tertiary/aromatic N) is 2. The Morgan fingerprint density at radius 2 is 2.37 bits per heavy atom. The van der Waals surface area contributed by atoms with Crippen LogP contribution in [0.1, 0.15) is 30.5 Å². The number of H-pyrrole nitrogens is 1. The van der Waals surface area contributed by atoms with Crippen molar-refractivity contribution >= 4 is 17.9 Å². The summed E-state index contributed by atoms with van der Waals surface area (Å²) >= 11 is 5.26. The molecular weight excluding hydrogens is 258 g/mol. The van der Waals surface area contributed by atoms with Crippen molar-refractivity contribution in [2.24, 2.45) is 0 Å². The standard InChI is InChI=1S/C14H19N3OS/c1-10-7-13(12(8-15)14(19)16-10)17-6-4-3-5-11(17)9-18-2/h7,11H,3-6,9H2,1-2H3,(H,16,19). The molecule has 2 rings (SSSR count). The molecule has 1 atom stereocenters. The molecule has 0 aromatic carbocycles. The molecule has 0 spiro atoms. The first-order valence-electron chi connectivity index (χ1n) is 6.57. The lowest BCUT2D eigenvalue weighted by molar-refractivity contribution is 0.166. The van der Waals surface area contributed by atoms with E-state index in [0.717, 1.165) is 30.8 Å². The van der Waals surface area contributed by atoms with Gasteiger partial charge in [0.05, 0.1) is 18.3 Å². The third-order valence-corrected chi connectivity index (χ3v) is 3.86. The summed E-state index contributed by atoms with van der Waals surface area (Å²) in [7, 11) is 1.72. The number of aromatic nitrogens is 1. The van der Waals surface area contributed by atoms with Crippen molar-refractivity contribution in [2.45, 2.75) is 32.2 Å². The summed E-state index contributed by atoms with van der Waals surface area (Å²) in [6.45, 7) is 3.62. The fourth-order valence-electron chi connectivity index (χ4n) is 2.69. The van der Waals surface area contributed by atoms with Crippen LogP contribution >= 0.6 is 12.2 Å². The van der Waals surface area contributed by atoms with Gasteiger partial charge in [-0.25, -0.2) is 0 Å². The van der Waals surface area contributed by atoms with Crippen LogP contribution in [0.15, 0.2) is 6.07 Å². The maximum atomic E-state index is 9.34. The first-order chi connectivity index (χ1) is 9.17. The molecule has 1 aromatic rings. The zero-order valence-corrected chi connectivity index (χ0v) is 12.2. The number of nitrogens with one attached hydrogen (secondary N) is 1. The van der Waals surface area contributed by atoms with Crippen LogP contribution in [-0.2, 0) is 4.74 Å². The molecule has 1 aliphatic rings. The number of ether oxygens (including phenoxy) is 1. The molecule has 0 saturated carbocycles. The molecule has 4 nitrogen and oxygen atoms in total. The average Bonchev–Trinajstić information content (AvgIpc) is 2.39. The SMILES string of the molecule is COCC1CCCCN1c1cc(C)[nH]c(=S)c1C#N. The number of anilines is 1. The Balaban J connectivity index is 2.44. The molecular formula is C14H19N3OS. The highest BCUT2D eigenvalue weighted by atomic mass is 32.1. The minimum Gasteiger partial charge on any atom is -0.383 e. The second-order valence-corrected chi connectivity index (χ2v) is 5.36. The van der Waals surface area contributed by atoms with Crippen molar-refractivity contribution in [3.63, 3.8) is 0 Å². The number of rotatable bonds is 3. The molecule has 0 amide bonds. The molecule has 0 radical (unpaired) electrons. The first kappa shape index (κ1) is 14.0. The normalized spacial score (nSPS) is 19.2. The van der Waals surface area contributed by atoms with Crippen molar-refractivity contribution in [2.75, 3.05) is 25.2 Å². The summed E-state index contributed by atoms with van der Waals surface area (Å²) in [6, 6.07) is 4.58. The Labute approximate surface area is 119 Å². The van der Waals surface area contributed by atoms with Gasteiger partial charge in [-0.2, -0.15) is 5.26 Å². The van der Waals surface area contributed by atoms with Gasteiger partial charge in [0.15, 0.2) is 0 Å². The highest BCUT2D eigenvalue weighted by Gasteiger charge is 2.25. The van der Waals surface area contributed by atoms with E-state index >= 15 is 0 Å². The number of nitriles is 1. The molecule has 1 aliphatic heterocycles. The van der Waals surface area contributed by atoms with E-state index < -0.39 is 0 Å². The highest BCUT2D eigenvalue weighted by molar-refractivity contribution is 7.71. The Bertz CT molecular complexity index is 545. The van der Waals surface area contributed by atoms with E-state index in [9.17, 15) is 5.26 Å². The van der Waals surface area contributed by atoms with Gasteiger partial charge in [-0.3, -0.25) is 0 Å². The van der Waals surface area contributed by atoms with Gasteiger partial charge in [-0.1, -0.05) is 12.2 Å². The molecule has 19 heavy (non-hydrogen) atoms. The van der Waals surface area contributed by atoms with Gasteiger partial charge in [-0.05, 0) is 32.3 Å². The average molecular weight is 277 g/mol. The van der Waals surface area contributed by atoms with Crippen LogP contribution in [-0.4, -0.2) is 31.3 Å². The lowest BCUT2D eigenvalue weighted by atomic mass is 10.0. The third kappa shape index (κ3) is 2.96. The smallest absolute Gasteiger partial charge is 0.123 e. The Morgan fingerprint density at radius 1 is 1.58 bits per heavy atom. The predicted molar refractivity (Wildman–Crippen MR) is 77.9 cm³/mol. The number of hydrogen-bond acceptors (Lipinski definition) is 4. The summed E-state index contributed by atoms with van der Waals surface area (Å²) in [6.07, 6.45) is 3.46. The monoisotopic (exact) mass is 277 g/mol. The van der Waals surface area contributed by atoms with Crippen LogP contribution in [0, 0.1) is 22.9 Å². The van der Waals surface area contributed by atoms with E-state index in [1.807, 2.05) is 13.0 Å². The number of piperidine rings is 1. The number of aromatic amines is 1. The van der Waals surface area contributed by atoms with Crippen molar-refractivity contribution in [1.82, 2.24) is 4.98 Å². The largest absolute Gasteiger partial charge is 0.383 e. The van der Waals surface area contributed by atoms with Gasteiger partial charge in [0.25, 0.3) is 0 Å². The van der Waals surface area contributed by atoms with Crippen LogP contribution in [0.3, 0.4) is 0 Å². The summed E-state index contributed by atoms with van der Waals surface area (Å²) in [4.78, 5) is 5.33. The molecule has 1 fully saturated rings. The van der Waals surface area contributed by atoms with Crippen molar-refractivity contribution in [3.8, 4) is 6.07 Å². The Hall–Kier alpha value is -1.38. The van der Waals surface area contributed by atoms with Gasteiger partial charge in [-0.15, -0.1) is 0 Å². The van der Waals surface area contributed by atoms with E-state index in [-0.39, 0.29) is 0 Å². The number of pyridine rings is 1. The van der Waals surface area contributed by atoms with Crippen LogP contribution in [0.25, 0.3) is 0 Å². The summed E-state index contributed by atoms with van der Waals surface area (Å²) in [5.41, 5.74) is 2.51. The van der Waals surface area contributed by atoms with Crippen LogP contribution < -0.4 is 4.90 Å². The van der Waals surface area contributed by atoms with E-state index in [1.165, 1.54) is 6.42 Å². The van der Waals surface area contributed by atoms with Crippen LogP contribution in [0.4, 0.5) is 5.69 Å². The molecule has 1 aromatic heterocycles. The topological polar surface area (TPSA) is 52.0 Å². The Kier molecular flexibility index (Phi) is 4.56. The summed E-state index contributed by atoms with van der Waals surface area (Å²) in [5, 5.41) is 9.34. The van der Waals surface area contributed by atoms with Gasteiger partial charge in [0.2, 0.25) is 0 Å². The van der Waals surface area contributed by atoms with Gasteiger partial charge < -0.3 is 14.6 Å². The van der Waals surface area contributed by atoms with Crippen molar-refractivity contribution in [1.29, 1.82) is 5.26 Å². The van der Waals surface area contributed by atoms with E-state index in [0.29, 0.717) is 22.9 Å². The zero-order chi connectivity index (χ0) is 13.8. The lowest BCUT2D eigenvalue weighted by Gasteiger charge is -2.37. The van der Waals surface area contributed by atoms with Crippen LogP contribution in [0.5, 0.6) is 0 Å². The fraction of sp³-hybridized carbons (Fsp3) is 0.571. The minimum atomic E-state index is 0.335. The van der Waals surface area contributed by atoms with Gasteiger partial charge in [0.1, 0.15) is 16.3 Å². The quantitative estimate of drug-likeness (QED) is 0.863. The lowest BCUT2D eigenvalue weighted by Crippen LogP contribution is -2.42. The zero-order valence-electron chi connectivity index (χ0n) is 11.4.